The van der Waals surface area contributed by atoms with Crippen molar-refractivity contribution in [2.75, 3.05) is 0 Å². The molecule has 2 rings (SSSR count). The Kier molecular flexibility index (Phi) is 10.7. The predicted octanol–water partition coefficient (Wildman–Crippen LogP) is 5.40. The van der Waals surface area contributed by atoms with E-state index >= 15 is 0 Å². The summed E-state index contributed by atoms with van der Waals surface area (Å²) in [5.41, 5.74) is 3.42. The molecular weight excluding hydrogens is 291 g/mol. The van der Waals surface area contributed by atoms with Gasteiger partial charge in [-0.2, -0.15) is 6.92 Å². The summed E-state index contributed by atoms with van der Waals surface area (Å²) < 4.78 is 3.92. The van der Waals surface area contributed by atoms with Crippen molar-refractivity contribution in [1.29, 1.82) is 0 Å². The van der Waals surface area contributed by atoms with E-state index in [-0.39, 0.29) is 0 Å². The third-order valence-electron chi connectivity index (χ3n) is 2.53. The molecule has 1 aromatic heterocycles. The number of hydrogen-bond acceptors (Lipinski definition) is 2. The van der Waals surface area contributed by atoms with Gasteiger partial charge in [-0.25, -0.2) is 0 Å². The van der Waals surface area contributed by atoms with Crippen LogP contribution in [0.2, 0.25) is 0 Å². The minimum Gasteiger partial charge on any atom is -0.346 e. The Labute approximate surface area is 130 Å². The number of nitrogens with zero attached hydrogens (tertiary/aromatic N) is 2. The average molecular weight is 314 g/mol. The summed E-state index contributed by atoms with van der Waals surface area (Å²) in [5, 5.41) is 0. The van der Waals surface area contributed by atoms with Crippen LogP contribution in [0, 0.1) is 13.8 Å². The van der Waals surface area contributed by atoms with Crippen molar-refractivity contribution in [2.24, 2.45) is 4.03 Å². The monoisotopic (exact) mass is 313 g/mol. The van der Waals surface area contributed by atoms with Crippen LogP contribution < -0.4 is 0 Å². The van der Waals surface area contributed by atoms with Gasteiger partial charge in [0.1, 0.15) is 0 Å². The van der Waals surface area contributed by atoms with E-state index in [4.69, 9.17) is 0 Å². The summed E-state index contributed by atoms with van der Waals surface area (Å²) in [6, 6.07) is 11.9. The number of aromatic nitrogens is 1. The SMILES string of the molecule is Cc1cccc(C(C)C)c1[N]=[Ni].[CH2-]C.c1ccncc1. The van der Waals surface area contributed by atoms with Gasteiger partial charge < -0.3 is 6.92 Å². The topological polar surface area (TPSA) is 25.2 Å². The molecular formula is C17H23N2Ni-. The molecule has 0 spiro atoms. The zero-order chi connectivity index (χ0) is 15.4. The number of hydrogen-bond donors (Lipinski definition) is 0. The van der Waals surface area contributed by atoms with Crippen molar-refractivity contribution < 1.29 is 15.3 Å². The number of benzene rings is 1. The van der Waals surface area contributed by atoms with E-state index in [9.17, 15) is 0 Å². The molecule has 0 radical (unpaired) electrons. The predicted molar refractivity (Wildman–Crippen MR) is 82.6 cm³/mol. The van der Waals surface area contributed by atoms with Gasteiger partial charge in [0, 0.05) is 12.4 Å². The van der Waals surface area contributed by atoms with Gasteiger partial charge >= 0.3 is 81.0 Å². The smallest absolute Gasteiger partial charge is 0.0267 e. The van der Waals surface area contributed by atoms with Crippen molar-refractivity contribution in [2.45, 2.75) is 33.6 Å². The Morgan fingerprint density at radius 1 is 1.05 bits per heavy atom. The fourth-order valence-electron chi connectivity index (χ4n) is 1.56. The van der Waals surface area contributed by atoms with Crippen LogP contribution in [0.4, 0.5) is 5.69 Å². The van der Waals surface area contributed by atoms with E-state index in [1.54, 1.807) is 19.3 Å². The van der Waals surface area contributed by atoms with Crippen molar-refractivity contribution in [3.05, 3.63) is 66.8 Å². The minimum absolute atomic E-state index is 0.499. The third kappa shape index (κ3) is 6.72. The number of pyridine rings is 1. The van der Waals surface area contributed by atoms with Gasteiger partial charge in [0.15, 0.2) is 0 Å². The molecule has 0 unspecified atom stereocenters. The molecule has 0 fully saturated rings. The molecule has 1 aromatic carbocycles. The zero-order valence-electron chi connectivity index (χ0n) is 12.6. The third-order valence-corrected chi connectivity index (χ3v) is 2.75. The second kappa shape index (κ2) is 11.5. The Balaban J connectivity index is 0.000000377. The van der Waals surface area contributed by atoms with Gasteiger partial charge in [0.25, 0.3) is 0 Å². The Morgan fingerprint density at radius 3 is 1.95 bits per heavy atom. The summed E-state index contributed by atoms with van der Waals surface area (Å²) in [4.78, 5) is 3.78. The van der Waals surface area contributed by atoms with E-state index < -0.39 is 0 Å². The minimum atomic E-state index is 0.499. The zero-order valence-corrected chi connectivity index (χ0v) is 13.6. The average Bonchev–Trinajstić information content (AvgIpc) is 2.51. The van der Waals surface area contributed by atoms with Crippen LogP contribution >= 0.6 is 0 Å². The van der Waals surface area contributed by atoms with Crippen LogP contribution in [0.3, 0.4) is 0 Å². The van der Waals surface area contributed by atoms with Gasteiger partial charge in [-0.05, 0) is 12.1 Å². The van der Waals surface area contributed by atoms with Crippen LogP contribution in [-0.4, -0.2) is 4.98 Å². The Hall–Kier alpha value is -1.34. The summed E-state index contributed by atoms with van der Waals surface area (Å²) in [6.45, 7) is 11.4. The van der Waals surface area contributed by atoms with Gasteiger partial charge in [0.2, 0.25) is 0 Å². The molecule has 2 aromatic rings. The normalized spacial score (nSPS) is 9.00. The molecule has 0 saturated carbocycles. The van der Waals surface area contributed by atoms with Crippen molar-refractivity contribution >= 4 is 5.69 Å². The maximum absolute atomic E-state index is 4.45. The van der Waals surface area contributed by atoms with Crippen LogP contribution in [0.15, 0.2) is 52.8 Å². The molecule has 0 aliphatic heterocycles. The fraction of sp³-hybridized carbons (Fsp3) is 0.294. The second-order valence-corrected chi connectivity index (χ2v) is 4.48. The maximum atomic E-state index is 4.45. The van der Waals surface area contributed by atoms with Gasteiger partial charge in [-0.3, -0.25) is 4.98 Å². The first-order valence-corrected chi connectivity index (χ1v) is 7.05. The quantitative estimate of drug-likeness (QED) is 0.538. The van der Waals surface area contributed by atoms with E-state index in [2.05, 4.69) is 57.2 Å². The standard InChI is InChI=1S/C10H13N.C5H5N.C2H5.Ni/c1-7(2)9-6-4-5-8(3)10(9)11;1-2-4-6-5-3-1;1-2;/h4-7H,1-3H3;1-5H;1H2,2H3;/q;;-1;. The summed E-state index contributed by atoms with van der Waals surface area (Å²) in [5.74, 6) is 0.499. The molecule has 2 nitrogen and oxygen atoms in total. The summed E-state index contributed by atoms with van der Waals surface area (Å²) >= 11 is 4.45. The molecule has 0 bridgehead atoms. The molecule has 0 amide bonds. The largest absolute Gasteiger partial charge is 0.346 e. The van der Waals surface area contributed by atoms with Gasteiger partial charge in [0.05, 0.1) is 0 Å². The van der Waals surface area contributed by atoms with Crippen molar-refractivity contribution in [3.63, 3.8) is 0 Å². The first kappa shape index (κ1) is 18.7. The van der Waals surface area contributed by atoms with Crippen LogP contribution in [-0.2, 0) is 15.3 Å². The molecule has 1 heterocycles. The Bertz CT molecular complexity index is 455. The van der Waals surface area contributed by atoms with E-state index in [0.717, 1.165) is 5.69 Å². The van der Waals surface area contributed by atoms with Crippen molar-refractivity contribution in [3.8, 4) is 0 Å². The van der Waals surface area contributed by atoms with Crippen LogP contribution in [0.25, 0.3) is 0 Å². The van der Waals surface area contributed by atoms with Gasteiger partial charge in [-0.1, -0.05) is 6.07 Å². The first-order chi connectivity index (χ1) is 9.66. The van der Waals surface area contributed by atoms with E-state index in [0.29, 0.717) is 5.92 Å². The molecule has 0 saturated heterocycles. The van der Waals surface area contributed by atoms with E-state index in [1.165, 1.54) is 11.1 Å². The second-order valence-electron chi connectivity index (χ2n) is 4.26. The number of aryl methyl sites for hydroxylation is 1. The summed E-state index contributed by atoms with van der Waals surface area (Å²) in [7, 11) is 0. The fourth-order valence-corrected chi connectivity index (χ4v) is 1.86. The molecule has 0 N–H and O–H groups in total. The summed E-state index contributed by atoms with van der Waals surface area (Å²) in [6.07, 6.45) is 3.50. The molecule has 0 atom stereocenters. The van der Waals surface area contributed by atoms with Gasteiger partial charge in [-0.15, -0.1) is 0 Å². The molecule has 0 aliphatic rings. The Morgan fingerprint density at radius 2 is 1.65 bits per heavy atom. The molecule has 112 valence electrons. The number of rotatable bonds is 2. The van der Waals surface area contributed by atoms with Crippen LogP contribution in [0.1, 0.15) is 37.8 Å². The first-order valence-electron chi connectivity index (χ1n) is 6.61. The molecule has 20 heavy (non-hydrogen) atoms. The molecule has 3 heteroatoms. The van der Waals surface area contributed by atoms with Crippen molar-refractivity contribution in [1.82, 2.24) is 4.98 Å². The maximum Gasteiger partial charge on any atom is 0.0267 e. The van der Waals surface area contributed by atoms with E-state index in [1.807, 2.05) is 31.2 Å². The molecule has 0 aliphatic carbocycles. The van der Waals surface area contributed by atoms with Crippen LogP contribution in [0.5, 0.6) is 0 Å².